The second-order valence-corrected chi connectivity index (χ2v) is 6.57. The van der Waals surface area contributed by atoms with Crippen LogP contribution in [0.5, 0.6) is 0 Å². The Labute approximate surface area is 122 Å². The maximum Gasteiger partial charge on any atom is 0.133 e. The van der Waals surface area contributed by atoms with Crippen LogP contribution in [0.2, 0.25) is 0 Å². The Bertz CT molecular complexity index is 508. The minimum atomic E-state index is 0.258. The minimum Gasteiger partial charge on any atom is -0.317 e. The van der Waals surface area contributed by atoms with Gasteiger partial charge in [0.2, 0.25) is 0 Å². The lowest BCUT2D eigenvalue weighted by Gasteiger charge is -2.24. The van der Waals surface area contributed by atoms with Crippen molar-refractivity contribution in [3.05, 3.63) is 34.9 Å². The molecule has 20 heavy (non-hydrogen) atoms. The van der Waals surface area contributed by atoms with Gasteiger partial charge in [0.15, 0.2) is 0 Å². The van der Waals surface area contributed by atoms with Gasteiger partial charge in [-0.3, -0.25) is 4.79 Å². The third-order valence-corrected chi connectivity index (χ3v) is 5.35. The molecule has 0 saturated heterocycles. The van der Waals surface area contributed by atoms with Crippen molar-refractivity contribution in [2.75, 3.05) is 7.05 Å². The van der Waals surface area contributed by atoms with E-state index >= 15 is 0 Å². The van der Waals surface area contributed by atoms with E-state index in [4.69, 9.17) is 0 Å². The molecule has 108 valence electrons. The average Bonchev–Trinajstić information content (AvgIpc) is 2.95. The highest BCUT2D eigenvalue weighted by Gasteiger charge is 2.27. The van der Waals surface area contributed by atoms with Crippen LogP contribution in [0.25, 0.3) is 0 Å². The molecule has 2 nitrogen and oxygen atoms in total. The summed E-state index contributed by atoms with van der Waals surface area (Å²) in [4.78, 5) is 11.5. The molecule has 0 spiro atoms. The molecule has 1 fully saturated rings. The first kappa shape index (κ1) is 13.8. The standard InChI is InChI=1S/C18H25NO/c1-12(20)13-3-4-15-10-16(6-5-14(15)9-13)17-7-8-18(11-17)19-2/h5-6,10,13,17-19H,3-4,7-9,11H2,1-2H3. The summed E-state index contributed by atoms with van der Waals surface area (Å²) in [5.41, 5.74) is 4.42. The molecule has 3 atom stereocenters. The van der Waals surface area contributed by atoms with Crippen LogP contribution in [0.3, 0.4) is 0 Å². The molecule has 0 heterocycles. The van der Waals surface area contributed by atoms with E-state index in [1.54, 1.807) is 6.92 Å². The first-order valence-corrected chi connectivity index (χ1v) is 7.96. The molecule has 1 aromatic rings. The summed E-state index contributed by atoms with van der Waals surface area (Å²) in [5, 5.41) is 3.41. The Kier molecular flexibility index (Phi) is 3.93. The Hall–Kier alpha value is -1.15. The molecule has 2 aliphatic carbocycles. The Morgan fingerprint density at radius 2 is 2.05 bits per heavy atom. The van der Waals surface area contributed by atoms with Gasteiger partial charge in [0.1, 0.15) is 5.78 Å². The number of carbonyl (C=O) groups excluding carboxylic acids is 1. The SMILES string of the molecule is CNC1CCC(c2ccc3c(c2)CCC(C(C)=O)C3)C1. The summed E-state index contributed by atoms with van der Waals surface area (Å²) < 4.78 is 0. The van der Waals surface area contributed by atoms with Gasteiger partial charge in [-0.15, -0.1) is 0 Å². The van der Waals surface area contributed by atoms with Gasteiger partial charge in [0.25, 0.3) is 0 Å². The van der Waals surface area contributed by atoms with Crippen molar-refractivity contribution < 1.29 is 4.79 Å². The minimum absolute atomic E-state index is 0.258. The van der Waals surface area contributed by atoms with Crippen molar-refractivity contribution in [3.63, 3.8) is 0 Å². The van der Waals surface area contributed by atoms with E-state index in [1.165, 1.54) is 36.0 Å². The number of fused-ring (bicyclic) bond motifs is 1. The maximum absolute atomic E-state index is 11.5. The molecule has 0 radical (unpaired) electrons. The van der Waals surface area contributed by atoms with Gasteiger partial charge in [-0.05, 0) is 75.1 Å². The van der Waals surface area contributed by atoms with Crippen LogP contribution in [0.4, 0.5) is 0 Å². The van der Waals surface area contributed by atoms with Crippen molar-refractivity contribution in [1.29, 1.82) is 0 Å². The summed E-state index contributed by atoms with van der Waals surface area (Å²) in [6, 6.07) is 7.71. The van der Waals surface area contributed by atoms with Crippen molar-refractivity contribution in [2.45, 2.75) is 57.4 Å². The molecule has 1 aromatic carbocycles. The lowest BCUT2D eigenvalue weighted by atomic mass is 9.80. The molecule has 0 amide bonds. The van der Waals surface area contributed by atoms with E-state index in [1.807, 2.05) is 0 Å². The van der Waals surface area contributed by atoms with Crippen molar-refractivity contribution >= 4 is 5.78 Å². The molecule has 2 aliphatic rings. The summed E-state index contributed by atoms with van der Waals surface area (Å²) in [6.45, 7) is 1.74. The Morgan fingerprint density at radius 3 is 2.75 bits per heavy atom. The number of hydrogen-bond donors (Lipinski definition) is 1. The number of benzene rings is 1. The predicted molar refractivity (Wildman–Crippen MR) is 82.1 cm³/mol. The zero-order chi connectivity index (χ0) is 14.1. The van der Waals surface area contributed by atoms with Gasteiger partial charge in [0.05, 0.1) is 0 Å². The Morgan fingerprint density at radius 1 is 1.20 bits per heavy atom. The van der Waals surface area contributed by atoms with Gasteiger partial charge in [0, 0.05) is 12.0 Å². The van der Waals surface area contributed by atoms with E-state index in [9.17, 15) is 4.79 Å². The largest absolute Gasteiger partial charge is 0.317 e. The summed E-state index contributed by atoms with van der Waals surface area (Å²) in [6.07, 6.45) is 6.94. The molecule has 0 bridgehead atoms. The molecular formula is C18H25NO. The van der Waals surface area contributed by atoms with E-state index in [0.29, 0.717) is 11.8 Å². The fourth-order valence-electron chi connectivity index (χ4n) is 3.92. The zero-order valence-corrected chi connectivity index (χ0v) is 12.6. The second-order valence-electron chi connectivity index (χ2n) is 6.57. The molecular weight excluding hydrogens is 246 g/mol. The van der Waals surface area contributed by atoms with Gasteiger partial charge in [-0.1, -0.05) is 18.2 Å². The van der Waals surface area contributed by atoms with Crippen LogP contribution < -0.4 is 5.32 Å². The van der Waals surface area contributed by atoms with Crippen molar-refractivity contribution in [1.82, 2.24) is 5.32 Å². The number of Topliss-reactive ketones (excluding diaryl/α,β-unsaturated/α-hetero) is 1. The summed E-state index contributed by atoms with van der Waals surface area (Å²) in [5.74, 6) is 1.34. The maximum atomic E-state index is 11.5. The fraction of sp³-hybridized carbons (Fsp3) is 0.611. The number of carbonyl (C=O) groups is 1. The van der Waals surface area contributed by atoms with Crippen molar-refractivity contribution in [3.8, 4) is 0 Å². The van der Waals surface area contributed by atoms with Crippen LogP contribution >= 0.6 is 0 Å². The van der Waals surface area contributed by atoms with Gasteiger partial charge in [-0.2, -0.15) is 0 Å². The molecule has 3 unspecified atom stereocenters. The predicted octanol–water partition coefficient (Wildman–Crippen LogP) is 3.24. The first-order valence-electron chi connectivity index (χ1n) is 7.96. The lowest BCUT2D eigenvalue weighted by molar-refractivity contribution is -0.121. The van der Waals surface area contributed by atoms with Gasteiger partial charge >= 0.3 is 0 Å². The first-order chi connectivity index (χ1) is 9.67. The molecule has 2 heteroatoms. The quantitative estimate of drug-likeness (QED) is 0.914. The number of aryl methyl sites for hydroxylation is 1. The van der Waals surface area contributed by atoms with Crippen molar-refractivity contribution in [2.24, 2.45) is 5.92 Å². The highest BCUT2D eigenvalue weighted by molar-refractivity contribution is 5.79. The Balaban J connectivity index is 1.76. The molecule has 0 aromatic heterocycles. The van der Waals surface area contributed by atoms with Crippen LogP contribution in [0.1, 0.15) is 55.2 Å². The van der Waals surface area contributed by atoms with Crippen LogP contribution in [0, 0.1) is 5.92 Å². The van der Waals surface area contributed by atoms with Crippen LogP contribution in [0.15, 0.2) is 18.2 Å². The topological polar surface area (TPSA) is 29.1 Å². The van der Waals surface area contributed by atoms with E-state index < -0.39 is 0 Å². The zero-order valence-electron chi connectivity index (χ0n) is 12.6. The third kappa shape index (κ3) is 2.67. The number of nitrogens with one attached hydrogen (secondary N) is 1. The highest BCUT2D eigenvalue weighted by atomic mass is 16.1. The third-order valence-electron chi connectivity index (χ3n) is 5.35. The molecule has 1 saturated carbocycles. The normalized spacial score (nSPS) is 29.2. The summed E-state index contributed by atoms with van der Waals surface area (Å²) in [7, 11) is 2.07. The molecule has 3 rings (SSSR count). The lowest BCUT2D eigenvalue weighted by Crippen LogP contribution is -2.21. The van der Waals surface area contributed by atoms with Gasteiger partial charge in [-0.25, -0.2) is 0 Å². The van der Waals surface area contributed by atoms with Gasteiger partial charge < -0.3 is 5.32 Å². The number of rotatable bonds is 3. The fourth-order valence-corrected chi connectivity index (χ4v) is 3.92. The van der Waals surface area contributed by atoms with E-state index in [2.05, 4.69) is 30.6 Å². The average molecular weight is 271 g/mol. The van der Waals surface area contributed by atoms with Crippen LogP contribution in [-0.2, 0) is 17.6 Å². The number of hydrogen-bond acceptors (Lipinski definition) is 2. The highest BCUT2D eigenvalue weighted by Crippen LogP contribution is 2.36. The second kappa shape index (κ2) is 5.69. The number of ketones is 1. The monoisotopic (exact) mass is 271 g/mol. The van der Waals surface area contributed by atoms with E-state index in [0.717, 1.165) is 25.2 Å². The molecule has 1 N–H and O–H groups in total. The van der Waals surface area contributed by atoms with Crippen LogP contribution in [-0.4, -0.2) is 18.9 Å². The molecule has 0 aliphatic heterocycles. The smallest absolute Gasteiger partial charge is 0.133 e. The summed E-state index contributed by atoms with van der Waals surface area (Å²) >= 11 is 0. The van der Waals surface area contributed by atoms with E-state index in [-0.39, 0.29) is 5.92 Å².